The zero-order valence-electron chi connectivity index (χ0n) is 18.7. The van der Waals surface area contributed by atoms with Gasteiger partial charge in [0, 0.05) is 30.5 Å². The van der Waals surface area contributed by atoms with Gasteiger partial charge >= 0.3 is 6.18 Å². The van der Waals surface area contributed by atoms with Gasteiger partial charge in [-0.15, -0.1) is 0 Å². The number of rotatable bonds is 8. The number of carbonyl (C=O) groups excluding carboxylic acids is 2. The van der Waals surface area contributed by atoms with Crippen LogP contribution in [-0.2, 0) is 20.7 Å². The predicted molar refractivity (Wildman–Crippen MR) is 115 cm³/mol. The van der Waals surface area contributed by atoms with Gasteiger partial charge in [-0.05, 0) is 17.7 Å². The van der Waals surface area contributed by atoms with Gasteiger partial charge in [0.2, 0.25) is 18.1 Å². The summed E-state index contributed by atoms with van der Waals surface area (Å²) in [5.74, 6) is -1.61. The molecule has 0 aromatic heterocycles. The highest BCUT2D eigenvalue weighted by molar-refractivity contribution is 5.97. The number of halogens is 4. The molecule has 5 atom stereocenters. The number of amides is 2. The molecule has 1 aromatic rings. The van der Waals surface area contributed by atoms with Gasteiger partial charge in [0.1, 0.15) is 18.3 Å². The molecule has 0 saturated carbocycles. The standard InChI is InChI=1S/C22H25F4N3O7/c23-16-14(9-30)35-21(18(33)17(16)32)36-20-12(13(8-29-20)22(24,25)26)7-10-1-3-11(4-2-10)19(34)28-6-5-15(27)31/h1-4,14,16-18,21,30,32-33H,5-9H2,(H2,27,31)(H,28,34)/t14-,16-,17+,18-,21+/m1/s1. The lowest BCUT2D eigenvalue weighted by Crippen LogP contribution is -2.58. The van der Waals surface area contributed by atoms with Crippen molar-refractivity contribution in [2.45, 2.75) is 49.8 Å². The van der Waals surface area contributed by atoms with Crippen molar-refractivity contribution in [2.24, 2.45) is 10.7 Å². The molecule has 198 valence electrons. The van der Waals surface area contributed by atoms with Crippen LogP contribution in [0, 0.1) is 0 Å². The van der Waals surface area contributed by atoms with E-state index in [4.69, 9.17) is 15.2 Å². The van der Waals surface area contributed by atoms with Crippen molar-refractivity contribution in [1.29, 1.82) is 0 Å². The molecule has 1 aromatic carbocycles. The number of alkyl halides is 4. The minimum Gasteiger partial charge on any atom is -0.445 e. The van der Waals surface area contributed by atoms with Crippen molar-refractivity contribution in [1.82, 2.24) is 5.32 Å². The molecule has 0 unspecified atom stereocenters. The summed E-state index contributed by atoms with van der Waals surface area (Å²) in [6, 6.07) is 5.61. The zero-order chi connectivity index (χ0) is 26.6. The van der Waals surface area contributed by atoms with E-state index in [-0.39, 0.29) is 30.5 Å². The number of aliphatic hydroxyl groups excluding tert-OH is 3. The molecule has 1 fully saturated rings. The molecule has 2 aliphatic rings. The van der Waals surface area contributed by atoms with Crippen molar-refractivity contribution in [3.05, 3.63) is 46.5 Å². The van der Waals surface area contributed by atoms with Crippen molar-refractivity contribution < 1.29 is 51.9 Å². The number of carbonyl (C=O) groups is 2. The third kappa shape index (κ3) is 6.37. The van der Waals surface area contributed by atoms with E-state index in [1.807, 2.05) is 0 Å². The monoisotopic (exact) mass is 519 g/mol. The van der Waals surface area contributed by atoms with Gasteiger partial charge in [-0.3, -0.25) is 9.59 Å². The number of hydrogen-bond donors (Lipinski definition) is 5. The second-order valence-corrected chi connectivity index (χ2v) is 8.19. The summed E-state index contributed by atoms with van der Waals surface area (Å²) in [4.78, 5) is 26.6. The van der Waals surface area contributed by atoms with Crippen LogP contribution in [0.4, 0.5) is 17.6 Å². The minimum absolute atomic E-state index is 0.0268. The van der Waals surface area contributed by atoms with Crippen LogP contribution < -0.4 is 11.1 Å². The molecule has 6 N–H and O–H groups in total. The Labute approximate surface area is 202 Å². The Kier molecular flexibility index (Phi) is 8.66. The lowest BCUT2D eigenvalue weighted by Gasteiger charge is -2.38. The summed E-state index contributed by atoms with van der Waals surface area (Å²) in [6.45, 7) is -1.61. The lowest BCUT2D eigenvalue weighted by atomic mass is 9.99. The van der Waals surface area contributed by atoms with E-state index in [1.54, 1.807) is 0 Å². The fraction of sp³-hybridized carbons (Fsp3) is 0.500. The van der Waals surface area contributed by atoms with Crippen molar-refractivity contribution in [2.75, 3.05) is 19.7 Å². The fourth-order valence-electron chi connectivity index (χ4n) is 3.65. The topological polar surface area (TPSA) is 164 Å². The molecular formula is C22H25F4N3O7. The van der Waals surface area contributed by atoms with E-state index >= 15 is 0 Å². The smallest absolute Gasteiger partial charge is 0.414 e. The van der Waals surface area contributed by atoms with E-state index in [2.05, 4.69) is 10.3 Å². The molecule has 0 aliphatic carbocycles. The summed E-state index contributed by atoms with van der Waals surface area (Å²) in [5, 5.41) is 31.6. The molecule has 2 aliphatic heterocycles. The number of primary amides is 1. The molecule has 0 radical (unpaired) electrons. The second-order valence-electron chi connectivity index (χ2n) is 8.19. The minimum atomic E-state index is -4.76. The Balaban J connectivity index is 1.76. The van der Waals surface area contributed by atoms with Crippen LogP contribution in [0.1, 0.15) is 22.3 Å². The van der Waals surface area contributed by atoms with Crippen molar-refractivity contribution in [3.63, 3.8) is 0 Å². The van der Waals surface area contributed by atoms with Crippen LogP contribution in [-0.4, -0.2) is 89.7 Å². The molecule has 1 saturated heterocycles. The molecule has 0 bridgehead atoms. The SMILES string of the molecule is NC(=O)CCNC(=O)c1ccc(CC2=C(C(F)(F)F)CN=C2O[C@@H]2O[C@H](CO)[C@@H](F)[C@H](O)[C@H]2O)cc1. The number of nitrogens with zero attached hydrogens (tertiary/aromatic N) is 1. The Bertz CT molecular complexity index is 1030. The maximum absolute atomic E-state index is 14.0. The maximum atomic E-state index is 14.0. The van der Waals surface area contributed by atoms with Gasteiger partial charge in [0.25, 0.3) is 5.91 Å². The number of hydrogen-bond acceptors (Lipinski definition) is 8. The summed E-state index contributed by atoms with van der Waals surface area (Å²) in [7, 11) is 0. The first-order valence-corrected chi connectivity index (χ1v) is 10.8. The Morgan fingerprint density at radius 3 is 2.44 bits per heavy atom. The summed E-state index contributed by atoms with van der Waals surface area (Å²) in [5.41, 5.74) is 4.20. The lowest BCUT2D eigenvalue weighted by molar-refractivity contribution is -0.269. The molecular weight excluding hydrogens is 494 g/mol. The number of benzene rings is 1. The first-order valence-electron chi connectivity index (χ1n) is 10.8. The average Bonchev–Trinajstić information content (AvgIpc) is 3.22. The van der Waals surface area contributed by atoms with Gasteiger partial charge in [-0.2, -0.15) is 13.2 Å². The van der Waals surface area contributed by atoms with Crippen LogP contribution in [0.2, 0.25) is 0 Å². The first-order chi connectivity index (χ1) is 16.9. The Hall–Kier alpha value is -3.07. The molecule has 3 rings (SSSR count). The van der Waals surface area contributed by atoms with Gasteiger partial charge in [0.05, 0.1) is 18.7 Å². The van der Waals surface area contributed by atoms with Crippen LogP contribution >= 0.6 is 0 Å². The van der Waals surface area contributed by atoms with Crippen LogP contribution in [0.25, 0.3) is 0 Å². The summed E-state index contributed by atoms with van der Waals surface area (Å²) < 4.78 is 65.3. The average molecular weight is 519 g/mol. The van der Waals surface area contributed by atoms with Gasteiger partial charge < -0.3 is 35.8 Å². The highest BCUT2D eigenvalue weighted by Crippen LogP contribution is 2.35. The summed E-state index contributed by atoms with van der Waals surface area (Å²) in [6.07, 6.45) is -14.6. The predicted octanol–water partition coefficient (Wildman–Crippen LogP) is -0.101. The van der Waals surface area contributed by atoms with Gasteiger partial charge in [-0.25, -0.2) is 9.38 Å². The molecule has 36 heavy (non-hydrogen) atoms. The maximum Gasteiger partial charge on any atom is 0.414 e. The zero-order valence-corrected chi connectivity index (χ0v) is 18.7. The van der Waals surface area contributed by atoms with E-state index in [1.165, 1.54) is 24.3 Å². The van der Waals surface area contributed by atoms with Crippen LogP contribution in [0.5, 0.6) is 0 Å². The molecule has 14 heteroatoms. The number of aliphatic hydroxyl groups is 3. The number of aliphatic imine (C=N–C) groups is 1. The Morgan fingerprint density at radius 1 is 1.19 bits per heavy atom. The highest BCUT2D eigenvalue weighted by atomic mass is 19.4. The number of ether oxygens (including phenoxy) is 2. The quantitative estimate of drug-likeness (QED) is 0.299. The van der Waals surface area contributed by atoms with Crippen LogP contribution in [0.15, 0.2) is 40.4 Å². The third-order valence-electron chi connectivity index (χ3n) is 5.63. The van der Waals surface area contributed by atoms with Gasteiger partial charge in [0.15, 0.2) is 6.17 Å². The van der Waals surface area contributed by atoms with Crippen molar-refractivity contribution in [3.8, 4) is 0 Å². The van der Waals surface area contributed by atoms with Crippen LogP contribution in [0.3, 0.4) is 0 Å². The Morgan fingerprint density at radius 2 is 1.86 bits per heavy atom. The molecule has 0 spiro atoms. The molecule has 2 heterocycles. The van der Waals surface area contributed by atoms with Crippen molar-refractivity contribution >= 4 is 17.7 Å². The van der Waals surface area contributed by atoms with Gasteiger partial charge in [-0.1, -0.05) is 12.1 Å². The second kappa shape index (κ2) is 11.3. The third-order valence-corrected chi connectivity index (χ3v) is 5.63. The van der Waals surface area contributed by atoms with E-state index < -0.39 is 73.4 Å². The normalized spacial score (nSPS) is 26.5. The number of nitrogens with one attached hydrogen (secondary N) is 1. The molecule has 10 nitrogen and oxygen atoms in total. The highest BCUT2D eigenvalue weighted by Gasteiger charge is 2.47. The van der Waals surface area contributed by atoms with E-state index in [9.17, 15) is 42.5 Å². The molecule has 2 amide bonds. The summed E-state index contributed by atoms with van der Waals surface area (Å²) >= 11 is 0. The first kappa shape index (κ1) is 27.5. The number of nitrogens with two attached hydrogens (primary N) is 1. The fourth-order valence-corrected chi connectivity index (χ4v) is 3.65. The van der Waals surface area contributed by atoms with E-state index in [0.29, 0.717) is 5.56 Å². The van der Waals surface area contributed by atoms with E-state index in [0.717, 1.165) is 0 Å². The largest absolute Gasteiger partial charge is 0.445 e.